The van der Waals surface area contributed by atoms with Gasteiger partial charge < -0.3 is 3.83 Å². The number of hydrogen-bond donors (Lipinski definition) is 0. The Morgan fingerprint density at radius 1 is 1.36 bits per heavy atom. The van der Waals surface area contributed by atoms with E-state index in [1.807, 2.05) is 0 Å². The second kappa shape index (κ2) is 3.74. The van der Waals surface area contributed by atoms with Gasteiger partial charge in [0.25, 0.3) is 0 Å². The van der Waals surface area contributed by atoms with E-state index in [1.54, 1.807) is 24.3 Å². The van der Waals surface area contributed by atoms with E-state index in [1.165, 1.54) is 0 Å². The van der Waals surface area contributed by atoms with Crippen LogP contribution in [0.25, 0.3) is 0 Å². The fourth-order valence-corrected chi connectivity index (χ4v) is 0.943. The molecule has 0 heterocycles. The molecule has 0 spiro atoms. The molecule has 0 aromatic heterocycles. The molecule has 0 atom stereocenters. The maximum absolute atomic E-state index is 10.8. The molecule has 0 aliphatic rings. The maximum Gasteiger partial charge on any atom is 0.349 e. The van der Waals surface area contributed by atoms with Gasteiger partial charge in [0.05, 0.1) is 5.56 Å². The molecule has 0 N–H and O–H groups in total. The standard InChI is InChI=1S/C7H4BrClO2/c8-11-7(10)5-1-3-6(9)4-2-5/h1-4H. The number of hydrogen-bond acceptors (Lipinski definition) is 2. The molecule has 2 nitrogen and oxygen atoms in total. The lowest BCUT2D eigenvalue weighted by Crippen LogP contribution is -1.96. The molecule has 0 fully saturated rings. The Morgan fingerprint density at radius 2 is 1.91 bits per heavy atom. The van der Waals surface area contributed by atoms with Gasteiger partial charge in [0.1, 0.15) is 0 Å². The molecular weight excluding hydrogens is 231 g/mol. The normalized spacial score (nSPS) is 9.27. The highest BCUT2D eigenvalue weighted by molar-refractivity contribution is 9.06. The Labute approximate surface area is 77.6 Å². The summed E-state index contributed by atoms with van der Waals surface area (Å²) < 4.78 is 4.31. The summed E-state index contributed by atoms with van der Waals surface area (Å²) in [6, 6.07) is 6.43. The first kappa shape index (κ1) is 8.56. The average molecular weight is 235 g/mol. The summed E-state index contributed by atoms with van der Waals surface area (Å²) in [5, 5.41) is 0.594. The number of halogens is 2. The molecule has 4 heteroatoms. The van der Waals surface area contributed by atoms with E-state index >= 15 is 0 Å². The predicted molar refractivity (Wildman–Crippen MR) is 45.8 cm³/mol. The second-order valence-electron chi connectivity index (χ2n) is 1.87. The molecule has 0 saturated heterocycles. The molecule has 0 radical (unpaired) electrons. The third-order valence-corrected chi connectivity index (χ3v) is 1.70. The van der Waals surface area contributed by atoms with Gasteiger partial charge >= 0.3 is 5.97 Å². The smallest absolute Gasteiger partial charge is 0.349 e. The van der Waals surface area contributed by atoms with Crippen LogP contribution in [0.1, 0.15) is 10.4 Å². The van der Waals surface area contributed by atoms with Crippen LogP contribution in [-0.2, 0) is 3.83 Å². The van der Waals surface area contributed by atoms with Crippen molar-refractivity contribution in [3.63, 3.8) is 0 Å². The van der Waals surface area contributed by atoms with E-state index in [-0.39, 0.29) is 0 Å². The van der Waals surface area contributed by atoms with Crippen molar-refractivity contribution >= 4 is 33.8 Å². The SMILES string of the molecule is O=C(OBr)c1ccc(Cl)cc1. The number of carbonyl (C=O) groups excluding carboxylic acids is 1. The van der Waals surface area contributed by atoms with Crippen molar-refractivity contribution in [3.8, 4) is 0 Å². The lowest BCUT2D eigenvalue weighted by atomic mass is 10.2. The van der Waals surface area contributed by atoms with Crippen molar-refractivity contribution in [2.24, 2.45) is 0 Å². The van der Waals surface area contributed by atoms with Crippen molar-refractivity contribution < 1.29 is 8.62 Å². The van der Waals surface area contributed by atoms with Crippen molar-refractivity contribution in [2.75, 3.05) is 0 Å². The summed E-state index contributed by atoms with van der Waals surface area (Å²) in [5.41, 5.74) is 0.464. The average Bonchev–Trinajstić information content (AvgIpc) is 2.05. The van der Waals surface area contributed by atoms with E-state index in [4.69, 9.17) is 11.6 Å². The lowest BCUT2D eigenvalue weighted by molar-refractivity contribution is 0.0782. The Morgan fingerprint density at radius 3 is 2.36 bits per heavy atom. The highest BCUT2D eigenvalue weighted by atomic mass is 79.9. The number of rotatable bonds is 1. The third-order valence-electron chi connectivity index (χ3n) is 1.15. The van der Waals surface area contributed by atoms with Crippen LogP contribution in [-0.4, -0.2) is 5.97 Å². The van der Waals surface area contributed by atoms with E-state index in [2.05, 4.69) is 20.1 Å². The van der Waals surface area contributed by atoms with Gasteiger partial charge in [-0.15, -0.1) is 0 Å². The molecule has 1 aromatic rings. The first-order valence-corrected chi connectivity index (χ1v) is 3.85. The second-order valence-corrected chi connectivity index (χ2v) is 2.63. The summed E-state index contributed by atoms with van der Waals surface area (Å²) in [6.45, 7) is 0. The fourth-order valence-electron chi connectivity index (χ4n) is 0.631. The molecule has 0 bridgehead atoms. The number of benzene rings is 1. The van der Waals surface area contributed by atoms with Gasteiger partial charge in [0.15, 0.2) is 16.3 Å². The van der Waals surface area contributed by atoms with Crippen molar-refractivity contribution in [1.82, 2.24) is 0 Å². The zero-order chi connectivity index (χ0) is 8.27. The zero-order valence-electron chi connectivity index (χ0n) is 5.38. The minimum atomic E-state index is -0.429. The van der Waals surface area contributed by atoms with E-state index < -0.39 is 5.97 Å². The molecule has 0 saturated carbocycles. The third kappa shape index (κ3) is 2.20. The highest BCUT2D eigenvalue weighted by Gasteiger charge is 2.03. The summed E-state index contributed by atoms with van der Waals surface area (Å²) in [6.07, 6.45) is 0. The van der Waals surface area contributed by atoms with Gasteiger partial charge in [-0.25, -0.2) is 4.79 Å². The number of carbonyl (C=O) groups is 1. The van der Waals surface area contributed by atoms with Gasteiger partial charge in [0, 0.05) is 5.02 Å². The largest absolute Gasteiger partial charge is 0.380 e. The van der Waals surface area contributed by atoms with Crippen LogP contribution in [0, 0.1) is 0 Å². The molecule has 58 valence electrons. The van der Waals surface area contributed by atoms with E-state index in [0.29, 0.717) is 10.6 Å². The van der Waals surface area contributed by atoms with Gasteiger partial charge in [-0.05, 0) is 24.3 Å². The molecule has 0 amide bonds. The summed E-state index contributed by atoms with van der Waals surface area (Å²) in [7, 11) is 0. The van der Waals surface area contributed by atoms with Crippen LogP contribution in [0.3, 0.4) is 0 Å². The summed E-state index contributed by atoms with van der Waals surface area (Å²) in [4.78, 5) is 10.8. The summed E-state index contributed by atoms with van der Waals surface area (Å²) >= 11 is 8.18. The van der Waals surface area contributed by atoms with Gasteiger partial charge in [-0.3, -0.25) is 0 Å². The van der Waals surface area contributed by atoms with Crippen LogP contribution < -0.4 is 0 Å². The van der Waals surface area contributed by atoms with Crippen LogP contribution >= 0.6 is 27.9 Å². The van der Waals surface area contributed by atoms with Crippen LogP contribution in [0.2, 0.25) is 5.02 Å². The molecular formula is C7H4BrClO2. The van der Waals surface area contributed by atoms with Crippen LogP contribution in [0.15, 0.2) is 24.3 Å². The monoisotopic (exact) mass is 234 g/mol. The molecule has 11 heavy (non-hydrogen) atoms. The molecule has 0 aliphatic heterocycles. The first-order valence-electron chi connectivity index (χ1n) is 2.82. The molecule has 1 aromatic carbocycles. The Balaban J connectivity index is 2.90. The van der Waals surface area contributed by atoms with Crippen molar-refractivity contribution in [3.05, 3.63) is 34.9 Å². The Hall–Kier alpha value is -0.540. The zero-order valence-corrected chi connectivity index (χ0v) is 7.72. The van der Waals surface area contributed by atoms with Crippen LogP contribution in [0.5, 0.6) is 0 Å². The lowest BCUT2D eigenvalue weighted by Gasteiger charge is -1.95. The van der Waals surface area contributed by atoms with E-state index in [0.717, 1.165) is 0 Å². The van der Waals surface area contributed by atoms with Crippen molar-refractivity contribution in [1.29, 1.82) is 0 Å². The molecule has 1 rings (SSSR count). The van der Waals surface area contributed by atoms with Crippen LogP contribution in [0.4, 0.5) is 0 Å². The maximum atomic E-state index is 10.8. The topological polar surface area (TPSA) is 26.3 Å². The first-order chi connectivity index (χ1) is 5.24. The van der Waals surface area contributed by atoms with Gasteiger partial charge in [-0.2, -0.15) is 0 Å². The quantitative estimate of drug-likeness (QED) is 0.748. The minimum absolute atomic E-state index is 0.429. The summed E-state index contributed by atoms with van der Waals surface area (Å²) in [5.74, 6) is -0.429. The molecule has 0 aliphatic carbocycles. The fraction of sp³-hybridized carbons (Fsp3) is 0. The van der Waals surface area contributed by atoms with Gasteiger partial charge in [-0.1, -0.05) is 11.6 Å². The highest BCUT2D eigenvalue weighted by Crippen LogP contribution is 2.10. The minimum Gasteiger partial charge on any atom is -0.380 e. The van der Waals surface area contributed by atoms with Gasteiger partial charge in [0.2, 0.25) is 0 Å². The predicted octanol–water partition coefficient (Wildman–Crippen LogP) is 2.81. The Kier molecular flexibility index (Phi) is 2.91. The molecule has 0 unspecified atom stereocenters. The Bertz CT molecular complexity index is 258. The van der Waals surface area contributed by atoms with E-state index in [9.17, 15) is 4.79 Å². The van der Waals surface area contributed by atoms with Crippen molar-refractivity contribution in [2.45, 2.75) is 0 Å².